The maximum atomic E-state index is 11.7. The molecule has 0 radical (unpaired) electrons. The minimum Gasteiger partial charge on any atom is -0.398 e. The highest BCUT2D eigenvalue weighted by atomic mass is 16.3. The number of hydrogen-bond acceptors (Lipinski definition) is 3. The number of carbonyl (C=O) groups excluding carboxylic acids is 1. The molecule has 0 fully saturated rings. The average molecular weight is 222 g/mol. The summed E-state index contributed by atoms with van der Waals surface area (Å²) in [6.45, 7) is 4.01. The lowest BCUT2D eigenvalue weighted by Crippen LogP contribution is -2.32. The number of aliphatic hydroxyl groups is 1. The van der Waals surface area contributed by atoms with Crippen molar-refractivity contribution in [2.24, 2.45) is 0 Å². The summed E-state index contributed by atoms with van der Waals surface area (Å²) >= 11 is 0. The van der Waals surface area contributed by atoms with Crippen LogP contribution in [0.25, 0.3) is 0 Å². The summed E-state index contributed by atoms with van der Waals surface area (Å²) in [5.41, 5.74) is 7.60. The van der Waals surface area contributed by atoms with Crippen molar-refractivity contribution in [1.82, 2.24) is 5.32 Å². The van der Waals surface area contributed by atoms with Gasteiger partial charge in [-0.2, -0.15) is 0 Å². The topological polar surface area (TPSA) is 75.3 Å². The molecule has 4 nitrogen and oxygen atoms in total. The third-order valence-electron chi connectivity index (χ3n) is 2.42. The van der Waals surface area contributed by atoms with Gasteiger partial charge in [0.2, 0.25) is 0 Å². The zero-order chi connectivity index (χ0) is 12.1. The molecule has 1 aromatic rings. The zero-order valence-corrected chi connectivity index (χ0v) is 9.66. The van der Waals surface area contributed by atoms with Crippen molar-refractivity contribution < 1.29 is 9.90 Å². The fourth-order valence-corrected chi connectivity index (χ4v) is 1.32. The Morgan fingerprint density at radius 2 is 2.25 bits per heavy atom. The van der Waals surface area contributed by atoms with Gasteiger partial charge in [-0.3, -0.25) is 4.79 Å². The molecular weight excluding hydrogens is 204 g/mol. The van der Waals surface area contributed by atoms with Gasteiger partial charge in [-0.25, -0.2) is 0 Å². The highest BCUT2D eigenvalue weighted by Gasteiger charge is 2.10. The van der Waals surface area contributed by atoms with Gasteiger partial charge in [-0.15, -0.1) is 0 Å². The molecule has 0 saturated heterocycles. The van der Waals surface area contributed by atoms with Crippen molar-refractivity contribution in [3.63, 3.8) is 0 Å². The van der Waals surface area contributed by atoms with Crippen LogP contribution < -0.4 is 11.1 Å². The Labute approximate surface area is 95.5 Å². The highest BCUT2D eigenvalue weighted by molar-refractivity contribution is 5.99. The number of amides is 1. The number of nitrogens with one attached hydrogen (secondary N) is 1. The highest BCUT2D eigenvalue weighted by Crippen LogP contribution is 2.13. The Morgan fingerprint density at radius 1 is 1.56 bits per heavy atom. The van der Waals surface area contributed by atoms with Gasteiger partial charge in [0, 0.05) is 12.2 Å². The van der Waals surface area contributed by atoms with Crippen LogP contribution in [0.5, 0.6) is 0 Å². The second-order valence-electron chi connectivity index (χ2n) is 3.86. The number of nitrogens with two attached hydrogens (primary N) is 1. The lowest BCUT2D eigenvalue weighted by Gasteiger charge is -2.11. The van der Waals surface area contributed by atoms with E-state index in [1.165, 1.54) is 0 Å². The fraction of sp³-hybridized carbons (Fsp3) is 0.417. The van der Waals surface area contributed by atoms with E-state index >= 15 is 0 Å². The van der Waals surface area contributed by atoms with Gasteiger partial charge in [0.25, 0.3) is 5.91 Å². The number of aryl methyl sites for hydroxylation is 1. The minimum atomic E-state index is -0.505. The number of rotatable bonds is 4. The molecular formula is C12H18N2O2. The molecule has 0 aromatic heterocycles. The predicted molar refractivity (Wildman–Crippen MR) is 64.2 cm³/mol. The first kappa shape index (κ1) is 12.5. The smallest absolute Gasteiger partial charge is 0.253 e. The molecule has 4 heteroatoms. The molecule has 1 rings (SSSR count). The number of benzene rings is 1. The quantitative estimate of drug-likeness (QED) is 0.667. The van der Waals surface area contributed by atoms with Crippen molar-refractivity contribution in [3.05, 3.63) is 29.3 Å². The second kappa shape index (κ2) is 5.51. The van der Waals surface area contributed by atoms with Crippen LogP contribution in [0.2, 0.25) is 0 Å². The molecule has 88 valence electrons. The number of aliphatic hydroxyl groups excluding tert-OH is 1. The van der Waals surface area contributed by atoms with E-state index in [0.29, 0.717) is 17.7 Å². The summed E-state index contributed by atoms with van der Waals surface area (Å²) in [7, 11) is 0. The molecule has 1 amide bonds. The third kappa shape index (κ3) is 3.24. The minimum absolute atomic E-state index is 0.242. The van der Waals surface area contributed by atoms with Gasteiger partial charge in [-0.05, 0) is 25.5 Å². The fourth-order valence-electron chi connectivity index (χ4n) is 1.32. The zero-order valence-electron chi connectivity index (χ0n) is 9.66. The predicted octanol–water partition coefficient (Wildman–Crippen LogP) is 1.08. The van der Waals surface area contributed by atoms with E-state index in [1.807, 2.05) is 19.9 Å². The number of hydrogen-bond donors (Lipinski definition) is 3. The van der Waals surface area contributed by atoms with E-state index in [-0.39, 0.29) is 12.5 Å². The average Bonchev–Trinajstić information content (AvgIpc) is 2.28. The van der Waals surface area contributed by atoms with E-state index in [1.54, 1.807) is 12.1 Å². The van der Waals surface area contributed by atoms with Gasteiger partial charge in [0.05, 0.1) is 11.7 Å². The molecule has 0 heterocycles. The largest absolute Gasteiger partial charge is 0.398 e. The van der Waals surface area contributed by atoms with Gasteiger partial charge in [0.1, 0.15) is 0 Å². The van der Waals surface area contributed by atoms with Crippen LogP contribution in [0.1, 0.15) is 29.3 Å². The van der Waals surface area contributed by atoms with E-state index in [0.717, 1.165) is 5.56 Å². The Hall–Kier alpha value is -1.55. The lowest BCUT2D eigenvalue weighted by atomic mass is 10.1. The van der Waals surface area contributed by atoms with E-state index < -0.39 is 6.10 Å². The standard InChI is InChI=1S/C12H18N2O2/c1-3-9(15)7-14-12(16)10-6-8(2)4-5-11(10)13/h4-6,9,15H,3,7,13H2,1-2H3,(H,14,16). The van der Waals surface area contributed by atoms with Gasteiger partial charge in [0.15, 0.2) is 0 Å². The lowest BCUT2D eigenvalue weighted by molar-refractivity contribution is 0.0914. The van der Waals surface area contributed by atoms with Crippen molar-refractivity contribution in [2.75, 3.05) is 12.3 Å². The third-order valence-corrected chi connectivity index (χ3v) is 2.42. The van der Waals surface area contributed by atoms with Crippen molar-refractivity contribution in [3.8, 4) is 0 Å². The maximum Gasteiger partial charge on any atom is 0.253 e. The van der Waals surface area contributed by atoms with Gasteiger partial charge in [-0.1, -0.05) is 18.6 Å². The summed E-state index contributed by atoms with van der Waals surface area (Å²) in [5.74, 6) is -0.242. The first-order valence-corrected chi connectivity index (χ1v) is 5.37. The van der Waals surface area contributed by atoms with Crippen LogP contribution in [0, 0.1) is 6.92 Å². The molecule has 0 spiro atoms. The summed E-state index contributed by atoms with van der Waals surface area (Å²) < 4.78 is 0. The Bertz CT molecular complexity index is 377. The molecule has 0 saturated carbocycles. The summed E-state index contributed by atoms with van der Waals surface area (Å²) in [6.07, 6.45) is 0.110. The van der Waals surface area contributed by atoms with Crippen LogP contribution in [-0.2, 0) is 0 Å². The Balaban J connectivity index is 2.69. The number of carbonyl (C=O) groups is 1. The first-order chi connectivity index (χ1) is 7.54. The van der Waals surface area contributed by atoms with E-state index in [9.17, 15) is 9.90 Å². The maximum absolute atomic E-state index is 11.7. The second-order valence-corrected chi connectivity index (χ2v) is 3.86. The summed E-state index contributed by atoms with van der Waals surface area (Å²) in [6, 6.07) is 5.30. The summed E-state index contributed by atoms with van der Waals surface area (Å²) in [4.78, 5) is 11.7. The van der Waals surface area contributed by atoms with E-state index in [4.69, 9.17) is 5.73 Å². The molecule has 0 bridgehead atoms. The molecule has 0 aliphatic heterocycles. The number of nitrogen functional groups attached to an aromatic ring is 1. The van der Waals surface area contributed by atoms with Crippen LogP contribution in [0.15, 0.2) is 18.2 Å². The monoisotopic (exact) mass is 222 g/mol. The molecule has 1 atom stereocenters. The number of anilines is 1. The van der Waals surface area contributed by atoms with Crippen molar-refractivity contribution in [2.45, 2.75) is 26.4 Å². The molecule has 1 unspecified atom stereocenters. The molecule has 1 aromatic carbocycles. The van der Waals surface area contributed by atoms with Crippen LogP contribution >= 0.6 is 0 Å². The SMILES string of the molecule is CCC(O)CNC(=O)c1cc(C)ccc1N. The van der Waals surface area contributed by atoms with E-state index in [2.05, 4.69) is 5.32 Å². The van der Waals surface area contributed by atoms with Gasteiger partial charge >= 0.3 is 0 Å². The molecule has 4 N–H and O–H groups in total. The molecule has 16 heavy (non-hydrogen) atoms. The Morgan fingerprint density at radius 3 is 2.88 bits per heavy atom. The van der Waals surface area contributed by atoms with Crippen molar-refractivity contribution >= 4 is 11.6 Å². The summed E-state index contributed by atoms with van der Waals surface area (Å²) in [5, 5.41) is 12.0. The van der Waals surface area contributed by atoms with Crippen molar-refractivity contribution in [1.29, 1.82) is 0 Å². The first-order valence-electron chi connectivity index (χ1n) is 5.37. The molecule has 0 aliphatic rings. The van der Waals surface area contributed by atoms with Crippen LogP contribution in [0.3, 0.4) is 0 Å². The normalized spacial score (nSPS) is 12.2. The van der Waals surface area contributed by atoms with Gasteiger partial charge < -0.3 is 16.2 Å². The van der Waals surface area contributed by atoms with Crippen LogP contribution in [-0.4, -0.2) is 23.7 Å². The Kier molecular flexibility index (Phi) is 4.31. The van der Waals surface area contributed by atoms with Crippen LogP contribution in [0.4, 0.5) is 5.69 Å². The molecule has 0 aliphatic carbocycles.